The molecule has 3 heterocycles. The van der Waals surface area contributed by atoms with Gasteiger partial charge in [-0.05, 0) is 56.5 Å². The van der Waals surface area contributed by atoms with E-state index in [1.807, 2.05) is 18.2 Å². The van der Waals surface area contributed by atoms with Crippen LogP contribution in [0.25, 0.3) is 0 Å². The third-order valence-electron chi connectivity index (χ3n) is 5.82. The van der Waals surface area contributed by atoms with Crippen LogP contribution in [0.4, 0.5) is 0 Å². The van der Waals surface area contributed by atoms with E-state index in [1.165, 1.54) is 0 Å². The molecule has 29 heavy (non-hydrogen) atoms. The number of carbonyl (C=O) groups is 1. The average molecular weight is 438 g/mol. The van der Waals surface area contributed by atoms with Crippen molar-refractivity contribution >= 4 is 29.1 Å². The molecule has 1 unspecified atom stereocenters. The lowest BCUT2D eigenvalue weighted by Gasteiger charge is -2.31. The fourth-order valence-corrected chi connectivity index (χ4v) is 4.48. The number of likely N-dealkylation sites (tertiary alicyclic amines) is 2. The number of β-amino-alcohol motifs (C(OH)–C–C–N with tert-alkyl or cyclic N) is 1. The number of carbonyl (C=O) groups excluding carboxylic acids is 1. The molecule has 6 nitrogen and oxygen atoms in total. The van der Waals surface area contributed by atoms with Gasteiger partial charge >= 0.3 is 0 Å². The van der Waals surface area contributed by atoms with E-state index in [1.54, 1.807) is 11.0 Å². The monoisotopic (exact) mass is 437 g/mol. The maximum Gasteiger partial charge on any atom is 0.292 e. The summed E-state index contributed by atoms with van der Waals surface area (Å²) in [6.07, 6.45) is 3.03. The van der Waals surface area contributed by atoms with Crippen LogP contribution >= 0.6 is 23.2 Å². The van der Waals surface area contributed by atoms with Crippen molar-refractivity contribution in [3.05, 3.63) is 51.3 Å². The topological polar surface area (TPSA) is 69.8 Å². The number of piperidine rings is 2. The van der Waals surface area contributed by atoms with Crippen molar-refractivity contribution in [3.8, 4) is 0 Å². The Kier molecular flexibility index (Phi) is 6.44. The van der Waals surface area contributed by atoms with Crippen molar-refractivity contribution < 1.29 is 14.4 Å². The van der Waals surface area contributed by atoms with Crippen LogP contribution in [0, 0.1) is 0 Å². The summed E-state index contributed by atoms with van der Waals surface area (Å²) in [5.74, 6) is 0.379. The standard InChI is InChI=1S/C21H25Cl2N3O3/c22-17-4-3-14(10-18(17)23)12-25-8-5-15(6-9-25)19-11-20(29-24-19)21(28)26-7-1-2-16(27)13-26/h3-4,10-11,15-16,27H,1-2,5-9,12-13H2. The van der Waals surface area contributed by atoms with E-state index in [0.717, 1.165) is 56.6 Å². The van der Waals surface area contributed by atoms with Crippen LogP contribution in [-0.2, 0) is 6.54 Å². The smallest absolute Gasteiger partial charge is 0.292 e. The van der Waals surface area contributed by atoms with Crippen molar-refractivity contribution in [2.75, 3.05) is 26.2 Å². The van der Waals surface area contributed by atoms with Crippen molar-refractivity contribution in [2.45, 2.75) is 44.2 Å². The number of aliphatic hydroxyl groups is 1. The zero-order valence-corrected chi connectivity index (χ0v) is 17.7. The van der Waals surface area contributed by atoms with Crippen LogP contribution in [0.15, 0.2) is 28.8 Å². The van der Waals surface area contributed by atoms with Gasteiger partial charge in [-0.2, -0.15) is 0 Å². The number of hydrogen-bond donors (Lipinski definition) is 1. The van der Waals surface area contributed by atoms with E-state index in [2.05, 4.69) is 10.1 Å². The molecule has 2 aliphatic rings. The first-order chi connectivity index (χ1) is 14.0. The van der Waals surface area contributed by atoms with Crippen molar-refractivity contribution in [1.29, 1.82) is 0 Å². The Morgan fingerprint density at radius 1 is 1.14 bits per heavy atom. The van der Waals surface area contributed by atoms with Crippen LogP contribution in [0.5, 0.6) is 0 Å². The molecule has 2 saturated heterocycles. The number of aromatic nitrogens is 1. The molecular weight excluding hydrogens is 413 g/mol. The molecule has 4 rings (SSSR count). The Hall–Kier alpha value is -1.60. The van der Waals surface area contributed by atoms with Gasteiger partial charge in [0.1, 0.15) is 0 Å². The quantitative estimate of drug-likeness (QED) is 0.783. The number of nitrogens with zero attached hydrogens (tertiary/aromatic N) is 3. The van der Waals surface area contributed by atoms with Crippen LogP contribution in [0.3, 0.4) is 0 Å². The van der Waals surface area contributed by atoms with E-state index in [9.17, 15) is 9.90 Å². The lowest BCUT2D eigenvalue weighted by Crippen LogP contribution is -2.42. The number of halogens is 2. The second-order valence-corrected chi connectivity index (χ2v) is 8.78. The molecule has 1 aromatic heterocycles. The lowest BCUT2D eigenvalue weighted by atomic mass is 9.93. The predicted molar refractivity (Wildman–Crippen MR) is 111 cm³/mol. The number of amides is 1. The van der Waals surface area contributed by atoms with Gasteiger partial charge in [0, 0.05) is 31.6 Å². The highest BCUT2D eigenvalue weighted by atomic mass is 35.5. The van der Waals surface area contributed by atoms with E-state index in [4.69, 9.17) is 27.7 Å². The minimum absolute atomic E-state index is 0.181. The van der Waals surface area contributed by atoms with Gasteiger partial charge in [0.2, 0.25) is 5.76 Å². The summed E-state index contributed by atoms with van der Waals surface area (Å²) in [5.41, 5.74) is 2.00. The molecule has 0 radical (unpaired) electrons. The molecule has 1 atom stereocenters. The zero-order valence-electron chi connectivity index (χ0n) is 16.2. The zero-order chi connectivity index (χ0) is 20.4. The fourth-order valence-electron chi connectivity index (χ4n) is 4.16. The minimum atomic E-state index is -0.449. The Morgan fingerprint density at radius 2 is 1.93 bits per heavy atom. The van der Waals surface area contributed by atoms with Crippen molar-refractivity contribution in [2.24, 2.45) is 0 Å². The largest absolute Gasteiger partial charge is 0.391 e. The maximum absolute atomic E-state index is 12.6. The molecule has 156 valence electrons. The second kappa shape index (κ2) is 9.04. The van der Waals surface area contributed by atoms with Crippen LogP contribution in [-0.4, -0.2) is 58.3 Å². The van der Waals surface area contributed by atoms with Gasteiger partial charge in [0.15, 0.2) is 0 Å². The predicted octanol–water partition coefficient (Wildman–Crippen LogP) is 3.96. The fraction of sp³-hybridized carbons (Fsp3) is 0.524. The molecule has 2 aromatic rings. The third-order valence-corrected chi connectivity index (χ3v) is 6.56. The molecule has 0 aliphatic carbocycles. The summed E-state index contributed by atoms with van der Waals surface area (Å²) >= 11 is 12.1. The number of benzene rings is 1. The van der Waals surface area contributed by atoms with Gasteiger partial charge in [-0.15, -0.1) is 0 Å². The summed E-state index contributed by atoms with van der Waals surface area (Å²) in [6.45, 7) is 3.74. The molecule has 1 N–H and O–H groups in total. The van der Waals surface area contributed by atoms with Gasteiger partial charge < -0.3 is 14.5 Å². The first kappa shape index (κ1) is 20.7. The molecular formula is C21H25Cl2N3O3. The van der Waals surface area contributed by atoms with Gasteiger partial charge in [0.05, 0.1) is 21.8 Å². The molecule has 2 fully saturated rings. The lowest BCUT2D eigenvalue weighted by molar-refractivity contribution is 0.0441. The SMILES string of the molecule is O=C(c1cc(C2CCN(Cc3ccc(Cl)c(Cl)c3)CC2)no1)N1CCCC(O)C1. The van der Waals surface area contributed by atoms with Crippen molar-refractivity contribution in [3.63, 3.8) is 0 Å². The molecule has 0 spiro atoms. The van der Waals surface area contributed by atoms with E-state index < -0.39 is 6.10 Å². The molecule has 0 saturated carbocycles. The van der Waals surface area contributed by atoms with Gasteiger partial charge in [-0.25, -0.2) is 0 Å². The highest BCUT2D eigenvalue weighted by Gasteiger charge is 2.28. The first-order valence-corrected chi connectivity index (χ1v) is 10.9. The average Bonchev–Trinajstić information content (AvgIpc) is 3.21. The Morgan fingerprint density at radius 3 is 2.66 bits per heavy atom. The number of aliphatic hydroxyl groups excluding tert-OH is 1. The molecule has 1 aromatic carbocycles. The van der Waals surface area contributed by atoms with Gasteiger partial charge in [-0.3, -0.25) is 9.69 Å². The van der Waals surface area contributed by atoms with Crippen LogP contribution in [0.2, 0.25) is 10.0 Å². The normalized spacial score (nSPS) is 21.5. The minimum Gasteiger partial charge on any atom is -0.391 e. The number of hydrogen-bond acceptors (Lipinski definition) is 5. The summed E-state index contributed by atoms with van der Waals surface area (Å²) in [4.78, 5) is 16.6. The second-order valence-electron chi connectivity index (χ2n) is 7.96. The number of rotatable bonds is 4. The molecule has 2 aliphatic heterocycles. The van der Waals surface area contributed by atoms with Gasteiger partial charge in [0.25, 0.3) is 5.91 Å². The van der Waals surface area contributed by atoms with Crippen molar-refractivity contribution in [1.82, 2.24) is 15.0 Å². The summed E-state index contributed by atoms with van der Waals surface area (Å²) in [6, 6.07) is 7.54. The summed E-state index contributed by atoms with van der Waals surface area (Å²) in [5, 5.41) is 15.1. The van der Waals surface area contributed by atoms with E-state index >= 15 is 0 Å². The van der Waals surface area contributed by atoms with Crippen LogP contribution < -0.4 is 0 Å². The highest BCUT2D eigenvalue weighted by Crippen LogP contribution is 2.30. The third kappa shape index (κ3) is 4.94. The maximum atomic E-state index is 12.6. The molecule has 0 bridgehead atoms. The Labute approximate surface area is 180 Å². The molecule has 1 amide bonds. The molecule has 8 heteroatoms. The Balaban J connectivity index is 1.32. The van der Waals surface area contributed by atoms with E-state index in [0.29, 0.717) is 23.1 Å². The van der Waals surface area contributed by atoms with Crippen LogP contribution in [0.1, 0.15) is 53.4 Å². The van der Waals surface area contributed by atoms with E-state index in [-0.39, 0.29) is 17.6 Å². The highest BCUT2D eigenvalue weighted by molar-refractivity contribution is 6.42. The first-order valence-electron chi connectivity index (χ1n) is 10.1. The Bertz CT molecular complexity index is 865. The van der Waals surface area contributed by atoms with Gasteiger partial charge in [-0.1, -0.05) is 34.4 Å². The summed E-state index contributed by atoms with van der Waals surface area (Å²) in [7, 11) is 0. The summed E-state index contributed by atoms with van der Waals surface area (Å²) < 4.78 is 5.35.